The second-order valence-electron chi connectivity index (χ2n) is 6.39. The molecule has 0 radical (unpaired) electrons. The highest BCUT2D eigenvalue weighted by Gasteiger charge is 2.39. The Morgan fingerprint density at radius 3 is 2.42 bits per heavy atom. The molecule has 0 spiro atoms. The fourth-order valence-electron chi connectivity index (χ4n) is 3.07. The summed E-state index contributed by atoms with van der Waals surface area (Å²) in [6.07, 6.45) is 2.15. The van der Waals surface area contributed by atoms with Gasteiger partial charge in [0.05, 0.1) is 18.4 Å². The minimum absolute atomic E-state index is 0.274. The normalized spacial score (nSPS) is 19.5. The van der Waals surface area contributed by atoms with E-state index in [1.807, 2.05) is 61.5 Å². The number of ether oxygens (including phenoxy) is 2. The molecule has 2 aromatic carbocycles. The fraction of sp³-hybridized carbons (Fsp3) is 0.273. The molecule has 1 heterocycles. The molecule has 0 N–H and O–H groups in total. The predicted molar refractivity (Wildman–Crippen MR) is 99.0 cm³/mol. The van der Waals surface area contributed by atoms with Gasteiger partial charge in [-0.3, -0.25) is 9.59 Å². The van der Waals surface area contributed by atoms with Crippen LogP contribution in [-0.2, 0) is 25.5 Å². The van der Waals surface area contributed by atoms with Gasteiger partial charge in [0, 0.05) is 5.56 Å². The van der Waals surface area contributed by atoms with Crippen LogP contribution in [0, 0.1) is 18.8 Å². The highest BCUT2D eigenvalue weighted by molar-refractivity contribution is 5.91. The van der Waals surface area contributed by atoms with Gasteiger partial charge in [-0.05, 0) is 31.9 Å². The summed E-state index contributed by atoms with van der Waals surface area (Å²) < 4.78 is 10.8. The second kappa shape index (κ2) is 8.00. The van der Waals surface area contributed by atoms with E-state index in [1.165, 1.54) is 0 Å². The topological polar surface area (TPSA) is 52.6 Å². The smallest absolute Gasteiger partial charge is 0.315 e. The van der Waals surface area contributed by atoms with Crippen LogP contribution in [0.25, 0.3) is 5.76 Å². The zero-order valence-electron chi connectivity index (χ0n) is 15.0. The Hall–Kier alpha value is -2.88. The van der Waals surface area contributed by atoms with E-state index in [4.69, 9.17) is 9.47 Å². The molecule has 2 aromatic rings. The molecule has 0 aliphatic carbocycles. The second-order valence-corrected chi connectivity index (χ2v) is 6.39. The summed E-state index contributed by atoms with van der Waals surface area (Å²) in [7, 11) is 0. The monoisotopic (exact) mass is 350 g/mol. The maximum absolute atomic E-state index is 12.7. The Morgan fingerprint density at radius 1 is 1.08 bits per heavy atom. The summed E-state index contributed by atoms with van der Waals surface area (Å²) in [4.78, 5) is 25.2. The van der Waals surface area contributed by atoms with Crippen molar-refractivity contribution < 1.29 is 19.1 Å². The Labute approximate surface area is 153 Å². The first-order chi connectivity index (χ1) is 12.6. The molecule has 4 heteroatoms. The fourth-order valence-corrected chi connectivity index (χ4v) is 3.07. The van der Waals surface area contributed by atoms with E-state index in [0.29, 0.717) is 12.2 Å². The minimum atomic E-state index is -0.660. The van der Waals surface area contributed by atoms with Crippen LogP contribution in [0.4, 0.5) is 0 Å². The van der Waals surface area contributed by atoms with Gasteiger partial charge in [0.15, 0.2) is 0 Å². The molecular formula is C22H22O4. The van der Waals surface area contributed by atoms with Gasteiger partial charge in [-0.25, -0.2) is 0 Å². The number of esters is 2. The van der Waals surface area contributed by atoms with E-state index in [0.717, 1.165) is 16.7 Å². The summed E-state index contributed by atoms with van der Waals surface area (Å²) in [6, 6.07) is 17.3. The van der Waals surface area contributed by atoms with E-state index < -0.39 is 23.8 Å². The molecule has 26 heavy (non-hydrogen) atoms. The first-order valence-corrected chi connectivity index (χ1v) is 8.79. The van der Waals surface area contributed by atoms with Crippen LogP contribution in [0.15, 0.2) is 60.7 Å². The SMILES string of the molecule is CCOC(=O)[C@@H]1C=C(c2ccc(C)cc2)OC(=O)[C@@H]1Cc1ccccc1. The predicted octanol–water partition coefficient (Wildman–Crippen LogP) is 3.93. The van der Waals surface area contributed by atoms with Crippen LogP contribution < -0.4 is 0 Å². The highest BCUT2D eigenvalue weighted by atomic mass is 16.5. The lowest BCUT2D eigenvalue weighted by Gasteiger charge is -2.27. The highest BCUT2D eigenvalue weighted by Crippen LogP contribution is 2.32. The van der Waals surface area contributed by atoms with Gasteiger partial charge < -0.3 is 9.47 Å². The average Bonchev–Trinajstić information content (AvgIpc) is 2.65. The van der Waals surface area contributed by atoms with Gasteiger partial charge in [0.25, 0.3) is 0 Å². The molecule has 2 atom stereocenters. The largest absolute Gasteiger partial charge is 0.466 e. The van der Waals surface area contributed by atoms with E-state index in [-0.39, 0.29) is 6.61 Å². The van der Waals surface area contributed by atoms with E-state index >= 15 is 0 Å². The molecule has 0 saturated carbocycles. The summed E-state index contributed by atoms with van der Waals surface area (Å²) in [5.41, 5.74) is 2.87. The molecule has 1 aliphatic heterocycles. The van der Waals surface area contributed by atoms with Crippen molar-refractivity contribution in [3.8, 4) is 0 Å². The molecule has 0 unspecified atom stereocenters. The summed E-state index contributed by atoms with van der Waals surface area (Å²) >= 11 is 0. The lowest BCUT2D eigenvalue weighted by molar-refractivity contribution is -0.156. The third kappa shape index (κ3) is 4.02. The first-order valence-electron chi connectivity index (χ1n) is 8.79. The Kier molecular flexibility index (Phi) is 5.52. The summed E-state index contributed by atoms with van der Waals surface area (Å²) in [6.45, 7) is 4.02. The van der Waals surface area contributed by atoms with Crippen molar-refractivity contribution in [1.82, 2.24) is 0 Å². The van der Waals surface area contributed by atoms with Crippen molar-refractivity contribution in [2.75, 3.05) is 6.61 Å². The van der Waals surface area contributed by atoms with Gasteiger partial charge in [0.1, 0.15) is 5.76 Å². The van der Waals surface area contributed by atoms with Crippen molar-refractivity contribution in [2.45, 2.75) is 20.3 Å². The quantitative estimate of drug-likeness (QED) is 0.767. The molecule has 3 rings (SSSR count). The number of cyclic esters (lactones) is 1. The third-order valence-corrected chi connectivity index (χ3v) is 4.47. The van der Waals surface area contributed by atoms with Crippen molar-refractivity contribution in [1.29, 1.82) is 0 Å². The minimum Gasteiger partial charge on any atom is -0.466 e. The maximum Gasteiger partial charge on any atom is 0.315 e. The first kappa shape index (κ1) is 17.9. The standard InChI is InChI=1S/C22H22O4/c1-3-25-21(23)19-14-20(17-11-9-15(2)10-12-17)26-22(24)18(19)13-16-7-5-4-6-8-16/h4-12,14,18-19H,3,13H2,1-2H3/t18-,19-/m1/s1. The van der Waals surface area contributed by atoms with Gasteiger partial charge in [-0.1, -0.05) is 60.2 Å². The zero-order chi connectivity index (χ0) is 18.5. The number of hydrogen-bond acceptors (Lipinski definition) is 4. The number of aryl methyl sites for hydroxylation is 1. The van der Waals surface area contributed by atoms with Crippen LogP contribution in [0.5, 0.6) is 0 Å². The number of benzene rings is 2. The van der Waals surface area contributed by atoms with Gasteiger partial charge in [-0.15, -0.1) is 0 Å². The van der Waals surface area contributed by atoms with Gasteiger partial charge in [-0.2, -0.15) is 0 Å². The number of carbonyl (C=O) groups is 2. The maximum atomic E-state index is 12.7. The molecule has 0 fully saturated rings. The zero-order valence-corrected chi connectivity index (χ0v) is 15.0. The Balaban J connectivity index is 1.93. The number of carbonyl (C=O) groups excluding carboxylic acids is 2. The van der Waals surface area contributed by atoms with Gasteiger partial charge in [0.2, 0.25) is 0 Å². The van der Waals surface area contributed by atoms with E-state index in [2.05, 4.69) is 0 Å². The summed E-state index contributed by atoms with van der Waals surface area (Å²) in [5, 5.41) is 0. The van der Waals surface area contributed by atoms with Crippen molar-refractivity contribution >= 4 is 17.7 Å². The molecule has 4 nitrogen and oxygen atoms in total. The third-order valence-electron chi connectivity index (χ3n) is 4.47. The van der Waals surface area contributed by atoms with Crippen molar-refractivity contribution in [3.05, 3.63) is 77.4 Å². The molecule has 0 saturated heterocycles. The van der Waals surface area contributed by atoms with E-state index in [9.17, 15) is 9.59 Å². The van der Waals surface area contributed by atoms with E-state index in [1.54, 1.807) is 13.0 Å². The van der Waals surface area contributed by atoms with Crippen LogP contribution in [0.2, 0.25) is 0 Å². The Morgan fingerprint density at radius 2 is 1.77 bits per heavy atom. The molecule has 0 amide bonds. The molecular weight excluding hydrogens is 328 g/mol. The molecule has 0 aromatic heterocycles. The van der Waals surface area contributed by atoms with Crippen LogP contribution in [0.1, 0.15) is 23.6 Å². The number of hydrogen-bond donors (Lipinski definition) is 0. The molecule has 0 bridgehead atoms. The Bertz CT molecular complexity index is 806. The average molecular weight is 350 g/mol. The van der Waals surface area contributed by atoms with Gasteiger partial charge >= 0.3 is 11.9 Å². The van der Waals surface area contributed by atoms with Crippen LogP contribution in [-0.4, -0.2) is 18.5 Å². The van der Waals surface area contributed by atoms with Crippen LogP contribution >= 0.6 is 0 Å². The van der Waals surface area contributed by atoms with Crippen molar-refractivity contribution in [3.63, 3.8) is 0 Å². The van der Waals surface area contributed by atoms with Crippen LogP contribution in [0.3, 0.4) is 0 Å². The lowest BCUT2D eigenvalue weighted by Crippen LogP contribution is -2.36. The molecule has 134 valence electrons. The lowest BCUT2D eigenvalue weighted by atomic mass is 9.84. The summed E-state index contributed by atoms with van der Waals surface area (Å²) in [5.74, 6) is -1.63. The molecule has 1 aliphatic rings. The number of rotatable bonds is 5. The van der Waals surface area contributed by atoms with Crippen molar-refractivity contribution in [2.24, 2.45) is 11.8 Å².